The normalized spacial score (nSPS) is 18.1. The monoisotopic (exact) mass is 545 g/mol. The van der Waals surface area contributed by atoms with Crippen LogP contribution in [0.15, 0.2) is 47.4 Å². The number of benzene rings is 2. The van der Waals surface area contributed by atoms with E-state index in [-0.39, 0.29) is 4.90 Å². The highest BCUT2D eigenvalue weighted by atomic mass is 32.2. The lowest BCUT2D eigenvalue weighted by atomic mass is 9.99. The Hall–Kier alpha value is -2.36. The zero-order chi connectivity index (χ0) is 26.4. The summed E-state index contributed by atoms with van der Waals surface area (Å²) in [6, 6.07) is 13.3. The van der Waals surface area contributed by atoms with Crippen molar-refractivity contribution in [2.45, 2.75) is 50.8 Å². The van der Waals surface area contributed by atoms with Crippen LogP contribution in [0.4, 0.5) is 5.82 Å². The molecule has 202 valence electrons. The number of aromatic nitrogens is 1. The van der Waals surface area contributed by atoms with Crippen molar-refractivity contribution in [2.24, 2.45) is 17.8 Å². The molecule has 1 aromatic heterocycles. The van der Waals surface area contributed by atoms with Gasteiger partial charge in [-0.15, -0.1) is 0 Å². The summed E-state index contributed by atoms with van der Waals surface area (Å²) in [5, 5.41) is 1.25. The summed E-state index contributed by atoms with van der Waals surface area (Å²) in [4.78, 5) is 2.57. The molecule has 0 aliphatic heterocycles. The van der Waals surface area contributed by atoms with Crippen LogP contribution in [-0.2, 0) is 10.0 Å². The molecule has 0 spiro atoms. The fourth-order valence-electron chi connectivity index (χ4n) is 4.92. The molecule has 1 aliphatic rings. The predicted molar refractivity (Wildman–Crippen MR) is 151 cm³/mol. The molecule has 2 aromatic carbocycles. The van der Waals surface area contributed by atoms with Crippen LogP contribution in [0.3, 0.4) is 0 Å². The first-order valence-electron chi connectivity index (χ1n) is 13.2. The van der Waals surface area contributed by atoms with Crippen LogP contribution >= 0.6 is 11.5 Å². The van der Waals surface area contributed by atoms with E-state index in [1.165, 1.54) is 30.4 Å². The molecule has 3 aromatic rings. The van der Waals surface area contributed by atoms with Gasteiger partial charge in [0.1, 0.15) is 22.2 Å². The van der Waals surface area contributed by atoms with E-state index in [2.05, 4.69) is 47.7 Å². The van der Waals surface area contributed by atoms with Gasteiger partial charge in [-0.1, -0.05) is 32.4 Å². The van der Waals surface area contributed by atoms with E-state index in [1.54, 1.807) is 23.7 Å². The molecule has 0 saturated heterocycles. The third-order valence-electron chi connectivity index (χ3n) is 7.30. The number of hydrogen-bond donors (Lipinski definition) is 1. The summed E-state index contributed by atoms with van der Waals surface area (Å²) in [6.07, 6.45) is 5.61. The van der Waals surface area contributed by atoms with Gasteiger partial charge in [-0.05, 0) is 79.2 Å². The smallest absolute Gasteiger partial charge is 0.244 e. The summed E-state index contributed by atoms with van der Waals surface area (Å²) in [7, 11) is -0.694. The van der Waals surface area contributed by atoms with E-state index >= 15 is 0 Å². The molecule has 4 rings (SSSR count). The van der Waals surface area contributed by atoms with Gasteiger partial charge < -0.3 is 14.4 Å². The Bertz CT molecular complexity index is 1280. The fourth-order valence-corrected chi connectivity index (χ4v) is 6.99. The van der Waals surface area contributed by atoms with E-state index in [0.29, 0.717) is 35.8 Å². The van der Waals surface area contributed by atoms with E-state index in [4.69, 9.17) is 13.8 Å². The first-order chi connectivity index (χ1) is 17.9. The van der Waals surface area contributed by atoms with E-state index in [9.17, 15) is 8.42 Å². The molecule has 0 bridgehead atoms. The lowest BCUT2D eigenvalue weighted by Gasteiger charge is -2.24. The highest BCUT2D eigenvalue weighted by Crippen LogP contribution is 2.43. The average Bonchev–Trinajstić information content (AvgIpc) is 3.51. The first kappa shape index (κ1) is 27.7. The van der Waals surface area contributed by atoms with Gasteiger partial charge in [0.2, 0.25) is 10.0 Å². The Morgan fingerprint density at radius 3 is 2.70 bits per heavy atom. The molecule has 3 atom stereocenters. The number of sulfonamides is 1. The molecule has 1 heterocycles. The number of nitrogens with one attached hydrogen (secondary N) is 1. The largest absolute Gasteiger partial charge is 0.497 e. The molecule has 0 radical (unpaired) electrons. The molecule has 0 amide bonds. The number of rotatable bonds is 15. The maximum absolute atomic E-state index is 13.0. The Balaban J connectivity index is 1.28. The van der Waals surface area contributed by atoms with Crippen molar-refractivity contribution in [2.75, 3.05) is 38.8 Å². The van der Waals surface area contributed by atoms with Crippen molar-refractivity contribution >= 4 is 37.5 Å². The topological polar surface area (TPSA) is 80.8 Å². The van der Waals surface area contributed by atoms with Gasteiger partial charge in [-0.3, -0.25) is 0 Å². The van der Waals surface area contributed by atoms with Crippen molar-refractivity contribution in [1.82, 2.24) is 9.10 Å². The van der Waals surface area contributed by atoms with Crippen molar-refractivity contribution in [3.05, 3.63) is 42.5 Å². The lowest BCUT2D eigenvalue weighted by molar-refractivity contribution is 0.391. The molecule has 7 nitrogen and oxygen atoms in total. The summed E-state index contributed by atoms with van der Waals surface area (Å²) < 4.78 is 45.2. The van der Waals surface area contributed by atoms with Crippen molar-refractivity contribution < 1.29 is 17.9 Å². The average molecular weight is 546 g/mol. The Morgan fingerprint density at radius 1 is 1.14 bits per heavy atom. The van der Waals surface area contributed by atoms with Crippen LogP contribution in [0.2, 0.25) is 0 Å². The van der Waals surface area contributed by atoms with Gasteiger partial charge in [-0.2, -0.15) is 4.37 Å². The summed E-state index contributed by atoms with van der Waals surface area (Å²) in [6.45, 7) is 7.02. The number of unbranched alkanes of at least 4 members (excludes halogenated alkanes) is 1. The molecular weight excluding hydrogens is 506 g/mol. The van der Waals surface area contributed by atoms with Crippen molar-refractivity contribution in [3.63, 3.8) is 0 Å². The summed E-state index contributed by atoms with van der Waals surface area (Å²) in [5.41, 5.74) is 0. The van der Waals surface area contributed by atoms with Crippen molar-refractivity contribution in [1.29, 1.82) is 0 Å². The fraction of sp³-hybridized carbons (Fsp3) is 0.536. The minimum atomic E-state index is -3.68. The second kappa shape index (κ2) is 12.5. The van der Waals surface area contributed by atoms with Crippen LogP contribution in [-0.4, -0.2) is 46.6 Å². The van der Waals surface area contributed by atoms with Crippen LogP contribution in [0.5, 0.6) is 11.5 Å². The zero-order valence-corrected chi connectivity index (χ0v) is 23.9. The number of nitrogens with zero attached hydrogens (tertiary/aromatic N) is 2. The summed E-state index contributed by atoms with van der Waals surface area (Å²) >= 11 is 1.58. The third kappa shape index (κ3) is 6.94. The van der Waals surface area contributed by atoms with Gasteiger partial charge in [-0.25, -0.2) is 13.1 Å². The number of anilines is 1. The molecule has 9 heteroatoms. The Kier molecular flexibility index (Phi) is 9.31. The van der Waals surface area contributed by atoms with Gasteiger partial charge in [0, 0.05) is 31.1 Å². The molecule has 1 N–H and O–H groups in total. The number of methoxy groups -OCH3 is 2. The molecule has 1 saturated carbocycles. The molecule has 1 aliphatic carbocycles. The van der Waals surface area contributed by atoms with Crippen molar-refractivity contribution in [3.8, 4) is 11.5 Å². The van der Waals surface area contributed by atoms with Crippen LogP contribution in [0, 0.1) is 17.8 Å². The predicted octanol–water partition coefficient (Wildman–Crippen LogP) is 5.95. The minimum Gasteiger partial charge on any atom is -0.497 e. The van der Waals surface area contributed by atoms with E-state index < -0.39 is 10.0 Å². The Labute approximate surface area is 225 Å². The number of fused-ring (bicyclic) bond motifs is 1. The zero-order valence-electron chi connectivity index (χ0n) is 22.3. The number of ether oxygens (including phenoxy) is 2. The highest BCUT2D eigenvalue weighted by molar-refractivity contribution is 7.89. The van der Waals surface area contributed by atoms with Gasteiger partial charge in [0.05, 0.1) is 18.9 Å². The van der Waals surface area contributed by atoms with Crippen LogP contribution in [0.1, 0.15) is 46.0 Å². The second-order valence-electron chi connectivity index (χ2n) is 10.1. The molecular formula is C28H39N3O4S2. The third-order valence-corrected chi connectivity index (χ3v) is 9.56. The van der Waals surface area contributed by atoms with Gasteiger partial charge >= 0.3 is 0 Å². The SMILES string of the molecule is CCCCN(CCC(C)CC1CC1CNS(=O)(=O)c1cc(OC)ccc1OC)c1nsc2ccccc12. The Morgan fingerprint density at radius 2 is 1.95 bits per heavy atom. The quantitative estimate of drug-likeness (QED) is 0.254. The van der Waals surface area contributed by atoms with Gasteiger partial charge in [0.25, 0.3) is 0 Å². The lowest BCUT2D eigenvalue weighted by Crippen LogP contribution is -2.28. The van der Waals surface area contributed by atoms with Gasteiger partial charge in [0.15, 0.2) is 0 Å². The van der Waals surface area contributed by atoms with E-state index in [0.717, 1.165) is 51.0 Å². The summed E-state index contributed by atoms with van der Waals surface area (Å²) in [5.74, 6) is 3.43. The molecule has 37 heavy (non-hydrogen) atoms. The highest BCUT2D eigenvalue weighted by Gasteiger charge is 2.38. The maximum Gasteiger partial charge on any atom is 0.244 e. The van der Waals surface area contributed by atoms with E-state index in [1.807, 2.05) is 0 Å². The standard InChI is InChI=1S/C28H39N3O4S2/c1-5-6-14-31(28-24-9-7-8-10-26(24)36-30-28)15-13-20(2)16-21-17-22(21)19-29-37(32,33)27-18-23(34-3)11-12-25(27)35-4/h7-12,18,20-22,29H,5-6,13-17,19H2,1-4H3. The van der Waals surface area contributed by atoms with Crippen LogP contribution in [0.25, 0.3) is 10.1 Å². The minimum absolute atomic E-state index is 0.113. The second-order valence-corrected chi connectivity index (χ2v) is 12.6. The maximum atomic E-state index is 13.0. The first-order valence-corrected chi connectivity index (χ1v) is 15.4. The van der Waals surface area contributed by atoms with Crippen LogP contribution < -0.4 is 19.1 Å². The molecule has 1 fully saturated rings. The number of hydrogen-bond acceptors (Lipinski definition) is 7. The molecule has 3 unspecified atom stereocenters.